The van der Waals surface area contributed by atoms with E-state index in [2.05, 4.69) is 10.2 Å². The molecule has 0 saturated heterocycles. The third-order valence-corrected chi connectivity index (χ3v) is 1.34. The van der Waals surface area contributed by atoms with Crippen LogP contribution in [0.25, 0.3) is 0 Å². The van der Waals surface area contributed by atoms with Crippen molar-refractivity contribution in [2.45, 2.75) is 19.2 Å². The fraction of sp³-hybridized carbons (Fsp3) is 0.500. The van der Waals surface area contributed by atoms with Crippen LogP contribution in [0.2, 0.25) is 0 Å². The van der Waals surface area contributed by atoms with Gasteiger partial charge in [-0.15, -0.1) is 0 Å². The number of halogens is 3. The number of nitrogens with one attached hydrogen (secondary N) is 1. The molecule has 0 aliphatic rings. The van der Waals surface area contributed by atoms with E-state index in [4.69, 9.17) is 5.11 Å². The summed E-state index contributed by atoms with van der Waals surface area (Å²) < 4.78 is 35.7. The molecular weight excluding hydrogens is 173 g/mol. The van der Waals surface area contributed by atoms with E-state index in [-0.39, 0.29) is 5.69 Å². The van der Waals surface area contributed by atoms with Gasteiger partial charge in [-0.1, -0.05) is 0 Å². The molecule has 0 aromatic carbocycles. The first-order valence-corrected chi connectivity index (χ1v) is 3.22. The number of hydrogen-bond acceptors (Lipinski definition) is 2. The van der Waals surface area contributed by atoms with Gasteiger partial charge < -0.3 is 5.11 Å². The summed E-state index contributed by atoms with van der Waals surface area (Å²) in [4.78, 5) is 0. The van der Waals surface area contributed by atoms with Gasteiger partial charge in [0.15, 0.2) is 5.69 Å². The Morgan fingerprint density at radius 2 is 2.17 bits per heavy atom. The molecule has 1 atom stereocenters. The van der Waals surface area contributed by atoms with E-state index in [9.17, 15) is 13.2 Å². The monoisotopic (exact) mass is 180 g/mol. The topological polar surface area (TPSA) is 48.9 Å². The third kappa shape index (κ3) is 1.76. The normalized spacial score (nSPS) is 14.8. The summed E-state index contributed by atoms with van der Waals surface area (Å²) >= 11 is 0. The standard InChI is InChI=1S/C6H7F3N2O/c1-3(12)4-2-5(11-10-4)6(7,8)9/h2-3,12H,1H3,(H,10,11)/t3-/m0/s1. The highest BCUT2D eigenvalue weighted by Gasteiger charge is 2.34. The van der Waals surface area contributed by atoms with Gasteiger partial charge in [0.2, 0.25) is 0 Å². The zero-order chi connectivity index (χ0) is 9.35. The Hall–Kier alpha value is -1.04. The van der Waals surface area contributed by atoms with E-state index in [1.54, 1.807) is 0 Å². The Balaban J connectivity index is 2.92. The van der Waals surface area contributed by atoms with Gasteiger partial charge in [-0.25, -0.2) is 0 Å². The Morgan fingerprint density at radius 1 is 1.58 bits per heavy atom. The fourth-order valence-corrected chi connectivity index (χ4v) is 0.696. The molecule has 0 unspecified atom stereocenters. The maximum Gasteiger partial charge on any atom is 0.435 e. The largest absolute Gasteiger partial charge is 0.435 e. The van der Waals surface area contributed by atoms with Gasteiger partial charge in [-0.2, -0.15) is 18.3 Å². The van der Waals surface area contributed by atoms with Crippen molar-refractivity contribution < 1.29 is 18.3 Å². The van der Waals surface area contributed by atoms with Crippen LogP contribution >= 0.6 is 0 Å². The molecule has 3 nitrogen and oxygen atoms in total. The second kappa shape index (κ2) is 2.78. The third-order valence-electron chi connectivity index (χ3n) is 1.34. The Labute approximate surface area is 66.2 Å². The molecule has 0 spiro atoms. The molecule has 0 bridgehead atoms. The summed E-state index contributed by atoms with van der Waals surface area (Å²) in [5.74, 6) is 0. The maximum atomic E-state index is 11.9. The first kappa shape index (κ1) is 9.05. The molecular formula is C6H7F3N2O. The minimum absolute atomic E-state index is 0.0577. The van der Waals surface area contributed by atoms with Crippen molar-refractivity contribution >= 4 is 0 Å². The van der Waals surface area contributed by atoms with Crippen molar-refractivity contribution in [3.05, 3.63) is 17.5 Å². The predicted molar refractivity (Wildman–Crippen MR) is 34.2 cm³/mol. The van der Waals surface area contributed by atoms with Gasteiger partial charge in [-0.3, -0.25) is 5.10 Å². The number of H-pyrrole nitrogens is 1. The van der Waals surface area contributed by atoms with Crippen molar-refractivity contribution in [2.75, 3.05) is 0 Å². The smallest absolute Gasteiger partial charge is 0.387 e. The summed E-state index contributed by atoms with van der Waals surface area (Å²) in [7, 11) is 0. The summed E-state index contributed by atoms with van der Waals surface area (Å²) in [6.07, 6.45) is -5.42. The minimum Gasteiger partial charge on any atom is -0.387 e. The van der Waals surface area contributed by atoms with Crippen molar-refractivity contribution in [2.24, 2.45) is 0 Å². The summed E-state index contributed by atoms with van der Waals surface area (Å²) in [6.45, 7) is 1.35. The molecule has 0 radical (unpaired) electrons. The van der Waals surface area contributed by atoms with Crippen molar-refractivity contribution in [1.29, 1.82) is 0 Å². The number of aliphatic hydroxyl groups is 1. The van der Waals surface area contributed by atoms with Crippen LogP contribution in [0.5, 0.6) is 0 Å². The lowest BCUT2D eigenvalue weighted by molar-refractivity contribution is -0.141. The van der Waals surface area contributed by atoms with E-state index < -0.39 is 18.0 Å². The minimum atomic E-state index is -4.45. The zero-order valence-electron chi connectivity index (χ0n) is 6.18. The lowest BCUT2D eigenvalue weighted by atomic mass is 10.2. The quantitative estimate of drug-likeness (QED) is 0.687. The number of aromatic amines is 1. The van der Waals surface area contributed by atoms with Crippen LogP contribution in [-0.4, -0.2) is 15.3 Å². The van der Waals surface area contributed by atoms with Crippen LogP contribution in [-0.2, 0) is 6.18 Å². The Bertz CT molecular complexity index is 266. The highest BCUT2D eigenvalue weighted by atomic mass is 19.4. The molecule has 0 aliphatic carbocycles. The first-order chi connectivity index (χ1) is 5.41. The Kier molecular flexibility index (Phi) is 2.10. The van der Waals surface area contributed by atoms with Crippen LogP contribution in [0.1, 0.15) is 24.4 Å². The van der Waals surface area contributed by atoms with Gasteiger partial charge in [0.25, 0.3) is 0 Å². The average Bonchev–Trinajstić information content (AvgIpc) is 2.30. The summed E-state index contributed by atoms with van der Waals surface area (Å²) in [5, 5.41) is 14.0. The van der Waals surface area contributed by atoms with Crippen molar-refractivity contribution in [1.82, 2.24) is 10.2 Å². The fourth-order valence-electron chi connectivity index (χ4n) is 0.696. The number of aliphatic hydroxyl groups excluding tert-OH is 1. The molecule has 12 heavy (non-hydrogen) atoms. The summed E-state index contributed by atoms with van der Waals surface area (Å²) in [6, 6.07) is 0.782. The van der Waals surface area contributed by atoms with Crippen LogP contribution in [0.3, 0.4) is 0 Å². The lowest BCUT2D eigenvalue weighted by Crippen LogP contribution is -2.04. The van der Waals surface area contributed by atoms with Crippen molar-refractivity contribution in [3.63, 3.8) is 0 Å². The predicted octanol–water partition coefficient (Wildman–Crippen LogP) is 1.48. The molecule has 0 saturated carbocycles. The van der Waals surface area contributed by atoms with Gasteiger partial charge in [0, 0.05) is 0 Å². The zero-order valence-corrected chi connectivity index (χ0v) is 6.18. The van der Waals surface area contributed by atoms with Gasteiger partial charge in [0.05, 0.1) is 11.8 Å². The highest BCUT2D eigenvalue weighted by Crippen LogP contribution is 2.28. The van der Waals surface area contributed by atoms with E-state index >= 15 is 0 Å². The molecule has 1 heterocycles. The molecule has 1 aromatic rings. The molecule has 2 N–H and O–H groups in total. The van der Waals surface area contributed by atoms with Gasteiger partial charge in [-0.05, 0) is 13.0 Å². The van der Waals surface area contributed by atoms with E-state index in [1.807, 2.05) is 0 Å². The molecule has 68 valence electrons. The molecule has 0 fully saturated rings. The van der Waals surface area contributed by atoms with Crippen LogP contribution < -0.4 is 0 Å². The average molecular weight is 180 g/mol. The van der Waals surface area contributed by atoms with E-state index in [0.29, 0.717) is 0 Å². The highest BCUT2D eigenvalue weighted by molar-refractivity contribution is 5.12. The van der Waals surface area contributed by atoms with Crippen molar-refractivity contribution in [3.8, 4) is 0 Å². The maximum absolute atomic E-state index is 11.9. The SMILES string of the molecule is C[C@H](O)c1cc(C(F)(F)F)n[nH]1. The molecule has 0 amide bonds. The number of nitrogens with zero attached hydrogens (tertiary/aromatic N) is 1. The van der Waals surface area contributed by atoms with Crippen LogP contribution in [0, 0.1) is 0 Å². The summed E-state index contributed by atoms with van der Waals surface area (Å²) in [5.41, 5.74) is -0.958. The molecule has 0 aliphatic heterocycles. The van der Waals surface area contributed by atoms with E-state index in [0.717, 1.165) is 6.07 Å². The molecule has 1 aromatic heterocycles. The van der Waals surface area contributed by atoms with E-state index in [1.165, 1.54) is 6.92 Å². The van der Waals surface area contributed by atoms with Gasteiger partial charge >= 0.3 is 6.18 Å². The molecule has 6 heteroatoms. The number of rotatable bonds is 1. The lowest BCUT2D eigenvalue weighted by Gasteiger charge is -1.99. The number of alkyl halides is 3. The van der Waals surface area contributed by atoms with Gasteiger partial charge in [0.1, 0.15) is 0 Å². The second-order valence-electron chi connectivity index (χ2n) is 2.38. The molecule has 1 rings (SSSR count). The Morgan fingerprint density at radius 3 is 2.42 bits per heavy atom. The number of aromatic nitrogens is 2. The van der Waals surface area contributed by atoms with Crippen LogP contribution in [0.15, 0.2) is 6.07 Å². The first-order valence-electron chi connectivity index (χ1n) is 3.22. The second-order valence-corrected chi connectivity index (χ2v) is 2.38. The van der Waals surface area contributed by atoms with Crippen LogP contribution in [0.4, 0.5) is 13.2 Å². The number of hydrogen-bond donors (Lipinski definition) is 2.